The molecule has 90 valence electrons. The molecule has 0 aromatic rings. The van der Waals surface area contributed by atoms with Gasteiger partial charge in [0.25, 0.3) is 0 Å². The second-order valence-corrected chi connectivity index (χ2v) is 4.53. The molecule has 2 heterocycles. The summed E-state index contributed by atoms with van der Waals surface area (Å²) in [4.78, 5) is 25.1. The number of likely N-dealkylation sites (tertiary alicyclic amines) is 1. The van der Waals surface area contributed by atoms with Gasteiger partial charge in [0.1, 0.15) is 0 Å². The zero-order valence-corrected chi connectivity index (χ0v) is 9.66. The average Bonchev–Trinajstić information content (AvgIpc) is 2.87. The zero-order chi connectivity index (χ0) is 11.5. The molecule has 0 spiro atoms. The lowest BCUT2D eigenvalue weighted by Gasteiger charge is -2.16. The largest absolute Gasteiger partial charge is 0.352 e. The molecule has 2 saturated heterocycles. The molecule has 2 rings (SSSR count). The highest BCUT2D eigenvalue weighted by Gasteiger charge is 2.34. The van der Waals surface area contributed by atoms with Crippen LogP contribution in [0, 0.1) is 5.92 Å². The Balaban J connectivity index is 1.83. The molecule has 5 nitrogen and oxygen atoms in total. The smallest absolute Gasteiger partial charge is 0.225 e. The van der Waals surface area contributed by atoms with Crippen molar-refractivity contribution in [3.05, 3.63) is 0 Å². The van der Waals surface area contributed by atoms with Gasteiger partial charge in [-0.3, -0.25) is 9.59 Å². The minimum atomic E-state index is -0.145. The lowest BCUT2D eigenvalue weighted by atomic mass is 10.1. The van der Waals surface area contributed by atoms with Gasteiger partial charge in [-0.15, -0.1) is 0 Å². The summed E-state index contributed by atoms with van der Waals surface area (Å²) in [6, 6.07) is 0.248. The fourth-order valence-electron chi connectivity index (χ4n) is 2.35. The van der Waals surface area contributed by atoms with E-state index in [2.05, 4.69) is 10.6 Å². The number of nitrogens with zero attached hydrogens (tertiary/aromatic N) is 1. The van der Waals surface area contributed by atoms with E-state index < -0.39 is 0 Å². The highest BCUT2D eigenvalue weighted by atomic mass is 16.2. The topological polar surface area (TPSA) is 61.4 Å². The molecule has 0 aromatic heterocycles. The Bertz CT molecular complexity index is 287. The third-order valence-corrected chi connectivity index (χ3v) is 3.37. The van der Waals surface area contributed by atoms with Crippen molar-refractivity contribution in [2.75, 3.05) is 26.2 Å². The van der Waals surface area contributed by atoms with Crippen molar-refractivity contribution in [3.63, 3.8) is 0 Å². The van der Waals surface area contributed by atoms with E-state index in [0.29, 0.717) is 19.5 Å². The van der Waals surface area contributed by atoms with Crippen molar-refractivity contribution < 1.29 is 9.59 Å². The molecule has 5 heteroatoms. The summed E-state index contributed by atoms with van der Waals surface area (Å²) in [7, 11) is 0. The first-order valence-electron chi connectivity index (χ1n) is 5.99. The molecule has 0 saturated carbocycles. The van der Waals surface area contributed by atoms with E-state index in [4.69, 9.17) is 0 Å². The van der Waals surface area contributed by atoms with Crippen molar-refractivity contribution in [1.82, 2.24) is 15.5 Å². The summed E-state index contributed by atoms with van der Waals surface area (Å²) in [5.41, 5.74) is 0. The average molecular weight is 225 g/mol. The predicted octanol–water partition coefficient (Wildman–Crippen LogP) is -0.667. The maximum Gasteiger partial charge on any atom is 0.225 e. The molecule has 2 aliphatic rings. The number of rotatable bonds is 3. The van der Waals surface area contributed by atoms with Gasteiger partial charge < -0.3 is 15.5 Å². The Hall–Kier alpha value is -1.10. The van der Waals surface area contributed by atoms with E-state index in [0.717, 1.165) is 19.5 Å². The van der Waals surface area contributed by atoms with Gasteiger partial charge >= 0.3 is 0 Å². The van der Waals surface area contributed by atoms with E-state index in [-0.39, 0.29) is 23.8 Å². The van der Waals surface area contributed by atoms with Gasteiger partial charge in [-0.05, 0) is 19.9 Å². The van der Waals surface area contributed by atoms with E-state index in [1.54, 1.807) is 4.90 Å². The first kappa shape index (κ1) is 11.4. The van der Waals surface area contributed by atoms with Crippen LogP contribution in [-0.2, 0) is 9.59 Å². The third kappa shape index (κ3) is 2.35. The fourth-order valence-corrected chi connectivity index (χ4v) is 2.35. The number of amides is 2. The number of carbonyl (C=O) groups excluding carboxylic acids is 2. The zero-order valence-electron chi connectivity index (χ0n) is 9.66. The molecule has 0 bridgehead atoms. The quantitative estimate of drug-likeness (QED) is 0.670. The minimum Gasteiger partial charge on any atom is -0.352 e. The van der Waals surface area contributed by atoms with Gasteiger partial charge in [-0.2, -0.15) is 0 Å². The molecule has 0 aromatic carbocycles. The number of hydrogen-bond acceptors (Lipinski definition) is 3. The van der Waals surface area contributed by atoms with Gasteiger partial charge in [0.05, 0.1) is 5.92 Å². The number of nitrogens with one attached hydrogen (secondary N) is 2. The SMILES string of the molecule is CCN1CC(C(=O)NC2CCNC2)CC1=O. The Morgan fingerprint density at radius 1 is 1.62 bits per heavy atom. The third-order valence-electron chi connectivity index (χ3n) is 3.37. The van der Waals surface area contributed by atoms with Gasteiger partial charge in [-0.25, -0.2) is 0 Å². The molecule has 2 atom stereocenters. The molecule has 2 fully saturated rings. The molecule has 2 amide bonds. The van der Waals surface area contributed by atoms with Crippen LogP contribution < -0.4 is 10.6 Å². The van der Waals surface area contributed by atoms with E-state index >= 15 is 0 Å². The Labute approximate surface area is 95.6 Å². The van der Waals surface area contributed by atoms with Crippen molar-refractivity contribution in [3.8, 4) is 0 Å². The summed E-state index contributed by atoms with van der Waals surface area (Å²) in [5.74, 6) is -0.00162. The van der Waals surface area contributed by atoms with Crippen LogP contribution in [0.2, 0.25) is 0 Å². The van der Waals surface area contributed by atoms with E-state index in [1.807, 2.05) is 6.92 Å². The summed E-state index contributed by atoms with van der Waals surface area (Å²) in [6.45, 7) is 5.05. The Kier molecular flexibility index (Phi) is 3.43. The van der Waals surface area contributed by atoms with Crippen LogP contribution in [0.1, 0.15) is 19.8 Å². The minimum absolute atomic E-state index is 0.0398. The molecule has 0 radical (unpaired) electrons. The lowest BCUT2D eigenvalue weighted by Crippen LogP contribution is -2.40. The Morgan fingerprint density at radius 3 is 3.00 bits per heavy atom. The van der Waals surface area contributed by atoms with Crippen molar-refractivity contribution >= 4 is 11.8 Å². The van der Waals surface area contributed by atoms with Crippen molar-refractivity contribution in [2.24, 2.45) is 5.92 Å². The summed E-state index contributed by atoms with van der Waals surface area (Å²) in [5, 5.41) is 6.21. The summed E-state index contributed by atoms with van der Waals surface area (Å²) >= 11 is 0. The van der Waals surface area contributed by atoms with Crippen molar-refractivity contribution in [1.29, 1.82) is 0 Å². The predicted molar refractivity (Wildman–Crippen MR) is 59.8 cm³/mol. The van der Waals surface area contributed by atoms with Gasteiger partial charge in [0.15, 0.2) is 0 Å². The van der Waals surface area contributed by atoms with Crippen LogP contribution in [0.3, 0.4) is 0 Å². The first-order valence-corrected chi connectivity index (χ1v) is 5.99. The van der Waals surface area contributed by atoms with Gasteiger partial charge in [0, 0.05) is 32.1 Å². The molecular weight excluding hydrogens is 206 g/mol. The van der Waals surface area contributed by atoms with E-state index in [1.165, 1.54) is 0 Å². The maximum atomic E-state index is 11.9. The van der Waals surface area contributed by atoms with Crippen LogP contribution in [0.15, 0.2) is 0 Å². The Morgan fingerprint density at radius 2 is 2.44 bits per heavy atom. The number of carbonyl (C=O) groups is 2. The molecule has 2 unspecified atom stereocenters. The lowest BCUT2D eigenvalue weighted by molar-refractivity contribution is -0.129. The molecular formula is C11H19N3O2. The molecule has 16 heavy (non-hydrogen) atoms. The molecule has 2 aliphatic heterocycles. The second-order valence-electron chi connectivity index (χ2n) is 4.53. The van der Waals surface area contributed by atoms with Crippen LogP contribution in [0.25, 0.3) is 0 Å². The van der Waals surface area contributed by atoms with Crippen molar-refractivity contribution in [2.45, 2.75) is 25.8 Å². The standard InChI is InChI=1S/C11H19N3O2/c1-2-14-7-8(5-10(14)15)11(16)13-9-3-4-12-6-9/h8-9,12H,2-7H2,1H3,(H,13,16). The molecule has 0 aliphatic carbocycles. The monoisotopic (exact) mass is 225 g/mol. The van der Waals surface area contributed by atoms with Crippen LogP contribution in [-0.4, -0.2) is 48.9 Å². The highest BCUT2D eigenvalue weighted by Crippen LogP contribution is 2.17. The normalized spacial score (nSPS) is 29.8. The van der Waals surface area contributed by atoms with Gasteiger partial charge in [-0.1, -0.05) is 0 Å². The highest BCUT2D eigenvalue weighted by molar-refractivity contribution is 5.89. The first-order chi connectivity index (χ1) is 7.70. The van der Waals surface area contributed by atoms with Crippen LogP contribution in [0.5, 0.6) is 0 Å². The molecule has 2 N–H and O–H groups in total. The summed E-state index contributed by atoms with van der Waals surface area (Å²) < 4.78 is 0. The summed E-state index contributed by atoms with van der Waals surface area (Å²) in [6.07, 6.45) is 1.36. The van der Waals surface area contributed by atoms with E-state index in [9.17, 15) is 9.59 Å². The fraction of sp³-hybridized carbons (Fsp3) is 0.818. The maximum absolute atomic E-state index is 11.9. The number of hydrogen-bond donors (Lipinski definition) is 2. The van der Waals surface area contributed by atoms with Gasteiger partial charge in [0.2, 0.25) is 11.8 Å². The van der Waals surface area contributed by atoms with Crippen LogP contribution in [0.4, 0.5) is 0 Å². The van der Waals surface area contributed by atoms with Crippen LogP contribution >= 0.6 is 0 Å². The second kappa shape index (κ2) is 4.82.